The number of nitrogens with zero attached hydrogens (tertiary/aromatic N) is 2. The lowest BCUT2D eigenvalue weighted by Crippen LogP contribution is -2.33. The molecule has 1 N–H and O–H groups in total. The highest BCUT2D eigenvalue weighted by Gasteiger charge is 2.20. The summed E-state index contributed by atoms with van der Waals surface area (Å²) >= 11 is 0. The summed E-state index contributed by atoms with van der Waals surface area (Å²) in [6.07, 6.45) is 4.20. The fourth-order valence-corrected chi connectivity index (χ4v) is 2.60. The zero-order chi connectivity index (χ0) is 14.4. The minimum absolute atomic E-state index is 0.684. The predicted molar refractivity (Wildman–Crippen MR) is 86.0 cm³/mol. The summed E-state index contributed by atoms with van der Waals surface area (Å²) < 4.78 is 0. The van der Waals surface area contributed by atoms with Gasteiger partial charge >= 0.3 is 0 Å². The molecule has 1 aromatic rings. The van der Waals surface area contributed by atoms with Gasteiger partial charge in [0.2, 0.25) is 0 Å². The fraction of sp³-hybridized carbons (Fsp3) is 0.706. The lowest BCUT2D eigenvalue weighted by Gasteiger charge is -2.32. The molecule has 0 bridgehead atoms. The summed E-state index contributed by atoms with van der Waals surface area (Å²) in [6, 6.07) is 6.40. The number of aromatic nitrogens is 1. The van der Waals surface area contributed by atoms with Crippen molar-refractivity contribution in [3.05, 3.63) is 23.9 Å². The van der Waals surface area contributed by atoms with Crippen LogP contribution in [0, 0.1) is 11.8 Å². The van der Waals surface area contributed by atoms with Crippen LogP contribution in [0.25, 0.3) is 0 Å². The standard InChI is InChI=1S/C17H29N3/c1-4-20(13-15-7-5-8-15)17-10-6-9-16(19-17)12-18-11-14(2)3/h6,9-10,14-15,18H,4-5,7-8,11-13H2,1-3H3. The van der Waals surface area contributed by atoms with Crippen molar-refractivity contribution in [2.24, 2.45) is 11.8 Å². The van der Waals surface area contributed by atoms with Crippen molar-refractivity contribution in [1.29, 1.82) is 0 Å². The Morgan fingerprint density at radius 2 is 2.15 bits per heavy atom. The van der Waals surface area contributed by atoms with Crippen molar-refractivity contribution >= 4 is 5.82 Å². The molecule has 0 radical (unpaired) electrons. The Morgan fingerprint density at radius 1 is 1.35 bits per heavy atom. The van der Waals surface area contributed by atoms with Crippen LogP contribution < -0.4 is 10.2 Å². The summed E-state index contributed by atoms with van der Waals surface area (Å²) in [4.78, 5) is 7.24. The smallest absolute Gasteiger partial charge is 0.128 e. The average Bonchev–Trinajstić information content (AvgIpc) is 2.37. The van der Waals surface area contributed by atoms with Crippen molar-refractivity contribution in [2.45, 2.75) is 46.6 Å². The second-order valence-electron chi connectivity index (χ2n) is 6.35. The van der Waals surface area contributed by atoms with Gasteiger partial charge in [-0.2, -0.15) is 0 Å². The van der Waals surface area contributed by atoms with Gasteiger partial charge in [0.15, 0.2) is 0 Å². The molecule has 3 heteroatoms. The molecule has 0 saturated heterocycles. The molecular weight excluding hydrogens is 246 g/mol. The van der Waals surface area contributed by atoms with Crippen LogP contribution in [0.15, 0.2) is 18.2 Å². The minimum Gasteiger partial charge on any atom is -0.357 e. The van der Waals surface area contributed by atoms with E-state index in [1.54, 1.807) is 0 Å². The zero-order valence-electron chi connectivity index (χ0n) is 13.2. The summed E-state index contributed by atoms with van der Waals surface area (Å²) in [5, 5.41) is 3.47. The first kappa shape index (κ1) is 15.3. The van der Waals surface area contributed by atoms with E-state index in [2.05, 4.69) is 49.2 Å². The van der Waals surface area contributed by atoms with E-state index in [9.17, 15) is 0 Å². The summed E-state index contributed by atoms with van der Waals surface area (Å²) in [5.41, 5.74) is 1.15. The van der Waals surface area contributed by atoms with Crippen LogP contribution in [0.2, 0.25) is 0 Å². The van der Waals surface area contributed by atoms with Gasteiger partial charge in [-0.25, -0.2) is 4.98 Å². The highest BCUT2D eigenvalue weighted by Crippen LogP contribution is 2.28. The summed E-state index contributed by atoms with van der Waals surface area (Å²) in [6.45, 7) is 10.8. The van der Waals surface area contributed by atoms with Crippen molar-refractivity contribution in [1.82, 2.24) is 10.3 Å². The van der Waals surface area contributed by atoms with Crippen LogP contribution in [0.3, 0.4) is 0 Å². The van der Waals surface area contributed by atoms with Gasteiger partial charge in [-0.15, -0.1) is 0 Å². The third kappa shape index (κ3) is 4.48. The van der Waals surface area contributed by atoms with Gasteiger partial charge in [0.1, 0.15) is 5.82 Å². The molecule has 0 atom stereocenters. The van der Waals surface area contributed by atoms with E-state index < -0.39 is 0 Å². The lowest BCUT2D eigenvalue weighted by atomic mass is 9.85. The molecule has 1 fully saturated rings. The Kier molecular flexibility index (Phi) is 5.84. The van der Waals surface area contributed by atoms with E-state index in [0.29, 0.717) is 5.92 Å². The third-order valence-corrected chi connectivity index (χ3v) is 4.06. The molecule has 1 aliphatic carbocycles. The zero-order valence-corrected chi connectivity index (χ0v) is 13.2. The van der Waals surface area contributed by atoms with Crippen molar-refractivity contribution in [2.75, 3.05) is 24.5 Å². The number of nitrogens with one attached hydrogen (secondary N) is 1. The fourth-order valence-electron chi connectivity index (χ4n) is 2.60. The predicted octanol–water partition coefficient (Wildman–Crippen LogP) is 3.45. The molecule has 1 heterocycles. The molecule has 20 heavy (non-hydrogen) atoms. The first-order valence-electron chi connectivity index (χ1n) is 8.10. The summed E-state index contributed by atoms with van der Waals surface area (Å²) in [7, 11) is 0. The largest absolute Gasteiger partial charge is 0.357 e. The monoisotopic (exact) mass is 275 g/mol. The second kappa shape index (κ2) is 7.63. The molecule has 0 aromatic carbocycles. The van der Waals surface area contributed by atoms with Gasteiger partial charge in [0, 0.05) is 19.6 Å². The van der Waals surface area contributed by atoms with Gasteiger partial charge in [-0.05, 0) is 50.3 Å². The first-order valence-corrected chi connectivity index (χ1v) is 8.10. The van der Waals surface area contributed by atoms with E-state index in [1.165, 1.54) is 25.8 Å². The van der Waals surface area contributed by atoms with E-state index in [0.717, 1.165) is 37.1 Å². The van der Waals surface area contributed by atoms with Crippen LogP contribution >= 0.6 is 0 Å². The topological polar surface area (TPSA) is 28.2 Å². The van der Waals surface area contributed by atoms with Crippen LogP contribution in [0.5, 0.6) is 0 Å². The van der Waals surface area contributed by atoms with Gasteiger partial charge in [-0.3, -0.25) is 0 Å². The maximum absolute atomic E-state index is 4.82. The van der Waals surface area contributed by atoms with Crippen LogP contribution in [-0.2, 0) is 6.54 Å². The summed E-state index contributed by atoms with van der Waals surface area (Å²) in [5.74, 6) is 2.71. The SMILES string of the molecule is CCN(CC1CCC1)c1cccc(CNCC(C)C)n1. The third-order valence-electron chi connectivity index (χ3n) is 4.06. The van der Waals surface area contributed by atoms with Crippen molar-refractivity contribution < 1.29 is 0 Å². The molecular formula is C17H29N3. The second-order valence-corrected chi connectivity index (χ2v) is 6.35. The van der Waals surface area contributed by atoms with Gasteiger partial charge in [-0.1, -0.05) is 26.3 Å². The molecule has 1 aliphatic rings. The molecule has 0 aliphatic heterocycles. The number of pyridine rings is 1. The van der Waals surface area contributed by atoms with Crippen LogP contribution in [0.1, 0.15) is 45.7 Å². The van der Waals surface area contributed by atoms with Gasteiger partial charge in [0.05, 0.1) is 5.69 Å². The van der Waals surface area contributed by atoms with Crippen LogP contribution in [0.4, 0.5) is 5.82 Å². The Labute approximate surface area is 123 Å². The molecule has 1 aromatic heterocycles. The first-order chi connectivity index (χ1) is 9.69. The van der Waals surface area contributed by atoms with E-state index in [4.69, 9.17) is 4.98 Å². The highest BCUT2D eigenvalue weighted by atomic mass is 15.2. The maximum atomic E-state index is 4.82. The van der Waals surface area contributed by atoms with Crippen molar-refractivity contribution in [3.63, 3.8) is 0 Å². The quantitative estimate of drug-likeness (QED) is 0.787. The van der Waals surface area contributed by atoms with Gasteiger partial charge < -0.3 is 10.2 Å². The Morgan fingerprint density at radius 3 is 2.75 bits per heavy atom. The Balaban J connectivity index is 1.92. The number of anilines is 1. The molecule has 112 valence electrons. The molecule has 0 spiro atoms. The Bertz CT molecular complexity index is 399. The number of rotatable bonds is 8. The van der Waals surface area contributed by atoms with E-state index >= 15 is 0 Å². The molecule has 1 saturated carbocycles. The Hall–Kier alpha value is -1.09. The van der Waals surface area contributed by atoms with E-state index in [-0.39, 0.29) is 0 Å². The molecule has 0 amide bonds. The number of hydrogen-bond donors (Lipinski definition) is 1. The minimum atomic E-state index is 0.684. The van der Waals surface area contributed by atoms with Gasteiger partial charge in [0.25, 0.3) is 0 Å². The average molecular weight is 275 g/mol. The lowest BCUT2D eigenvalue weighted by molar-refractivity contribution is 0.318. The maximum Gasteiger partial charge on any atom is 0.128 e. The van der Waals surface area contributed by atoms with Crippen LogP contribution in [-0.4, -0.2) is 24.6 Å². The molecule has 2 rings (SSSR count). The highest BCUT2D eigenvalue weighted by molar-refractivity contribution is 5.39. The molecule has 3 nitrogen and oxygen atoms in total. The van der Waals surface area contributed by atoms with E-state index in [1.807, 2.05) is 0 Å². The number of hydrogen-bond acceptors (Lipinski definition) is 3. The normalized spacial score (nSPS) is 15.4. The van der Waals surface area contributed by atoms with Crippen molar-refractivity contribution in [3.8, 4) is 0 Å². The molecule has 0 unspecified atom stereocenters.